The van der Waals surface area contributed by atoms with Crippen LogP contribution in [0.1, 0.15) is 83.5 Å². The lowest BCUT2D eigenvalue weighted by atomic mass is 10.0. The lowest BCUT2D eigenvalue weighted by Gasteiger charge is -2.04. The Morgan fingerprint density at radius 2 is 0.870 bits per heavy atom. The maximum Gasteiger partial charge on any atom is -0.00992 e. The van der Waals surface area contributed by atoms with Gasteiger partial charge in [-0.15, -0.1) is 0 Å². The van der Waals surface area contributed by atoms with Crippen LogP contribution >= 0.6 is 31.8 Å². The van der Waals surface area contributed by atoms with E-state index in [-0.39, 0.29) is 0 Å². The molecular formula is C19H36P4. The van der Waals surface area contributed by atoms with Crippen LogP contribution in [0.2, 0.25) is 0 Å². The topological polar surface area (TPSA) is 0 Å². The quantitative estimate of drug-likeness (QED) is 0.322. The van der Waals surface area contributed by atoms with Gasteiger partial charge in [-0.3, -0.25) is 0 Å². The molecule has 2 aliphatic heterocycles. The zero-order valence-electron chi connectivity index (χ0n) is 14.8. The third-order valence-corrected chi connectivity index (χ3v) is 20.6. The molecule has 0 bridgehead atoms. The maximum absolute atomic E-state index is 1.63. The fourth-order valence-corrected chi connectivity index (χ4v) is 21.1. The first kappa shape index (κ1) is 18.1. The van der Waals surface area contributed by atoms with E-state index in [1.807, 2.05) is 0 Å². The zero-order valence-corrected chi connectivity index (χ0v) is 18.6. The summed E-state index contributed by atoms with van der Waals surface area (Å²) in [7, 11) is 3.91. The highest BCUT2D eigenvalue weighted by Gasteiger charge is 2.49. The molecule has 4 heteroatoms. The molecule has 2 saturated carbocycles. The molecular weight excluding hydrogens is 352 g/mol. The second kappa shape index (κ2) is 9.08. The summed E-state index contributed by atoms with van der Waals surface area (Å²) in [6.45, 7) is 0. The molecule has 0 amide bonds. The van der Waals surface area contributed by atoms with E-state index in [1.54, 1.807) is 95.8 Å². The van der Waals surface area contributed by atoms with Crippen molar-refractivity contribution in [2.45, 2.75) is 106 Å². The molecule has 4 aliphatic rings. The lowest BCUT2D eigenvalue weighted by Crippen LogP contribution is -1.97. The minimum atomic E-state index is 0.550. The highest BCUT2D eigenvalue weighted by atomic mass is 32.1. The summed E-state index contributed by atoms with van der Waals surface area (Å²) in [5, 5.41) is 0. The summed E-state index contributed by atoms with van der Waals surface area (Å²) in [5.74, 6) is 0. The van der Waals surface area contributed by atoms with Crippen LogP contribution in [0, 0.1) is 0 Å². The molecule has 23 heavy (non-hydrogen) atoms. The molecule has 0 aromatic rings. The summed E-state index contributed by atoms with van der Waals surface area (Å²) in [5.41, 5.74) is 5.03. The molecule has 2 saturated heterocycles. The van der Waals surface area contributed by atoms with Crippen molar-refractivity contribution < 1.29 is 0 Å². The largest absolute Gasteiger partial charge is 0.0954 e. The number of hydrogen-bond donors (Lipinski definition) is 0. The van der Waals surface area contributed by atoms with Gasteiger partial charge in [0.05, 0.1) is 0 Å². The molecule has 0 N–H and O–H groups in total. The highest BCUT2D eigenvalue weighted by Crippen LogP contribution is 2.82. The molecule has 0 aromatic carbocycles. The first-order valence-electron chi connectivity index (χ1n) is 10.5. The van der Waals surface area contributed by atoms with Crippen molar-refractivity contribution in [3.05, 3.63) is 0 Å². The normalized spacial score (nSPS) is 44.3. The van der Waals surface area contributed by atoms with Crippen molar-refractivity contribution in [2.24, 2.45) is 0 Å². The third kappa shape index (κ3) is 4.91. The van der Waals surface area contributed by atoms with Crippen LogP contribution in [0.25, 0.3) is 0 Å². The summed E-state index contributed by atoms with van der Waals surface area (Å²) < 4.78 is 0. The predicted octanol–water partition coefficient (Wildman–Crippen LogP) is 7.74. The molecule has 132 valence electrons. The molecule has 6 atom stereocenters. The molecule has 0 radical (unpaired) electrons. The van der Waals surface area contributed by atoms with Crippen LogP contribution < -0.4 is 0 Å². The standard InChI is InChI=1S/C19H36P4/c1-2-6-11-17-16(10-5-1)22(17)20-14-9-15-21-23-18-12-7-3-4-8-13-19(18)23/h16-21H,1-15H2. The van der Waals surface area contributed by atoms with Crippen LogP contribution in [0.3, 0.4) is 0 Å². The van der Waals surface area contributed by atoms with Crippen molar-refractivity contribution in [2.75, 3.05) is 12.3 Å². The van der Waals surface area contributed by atoms with Crippen LogP contribution in [-0.4, -0.2) is 35.0 Å². The average molecular weight is 388 g/mol. The minimum Gasteiger partial charge on any atom is -0.0954 e. The van der Waals surface area contributed by atoms with Crippen molar-refractivity contribution in [3.63, 3.8) is 0 Å². The van der Waals surface area contributed by atoms with Gasteiger partial charge in [0.15, 0.2) is 0 Å². The second-order valence-corrected chi connectivity index (χ2v) is 19.1. The molecule has 2 heterocycles. The van der Waals surface area contributed by atoms with Gasteiger partial charge in [0.2, 0.25) is 0 Å². The van der Waals surface area contributed by atoms with E-state index in [1.165, 1.54) is 39.2 Å². The Kier molecular flexibility index (Phi) is 7.15. The van der Waals surface area contributed by atoms with Crippen molar-refractivity contribution in [1.29, 1.82) is 0 Å². The highest BCUT2D eigenvalue weighted by molar-refractivity contribution is 8.26. The van der Waals surface area contributed by atoms with Crippen molar-refractivity contribution >= 4 is 31.8 Å². The molecule has 6 unspecified atom stereocenters. The van der Waals surface area contributed by atoms with Crippen LogP contribution in [-0.2, 0) is 0 Å². The van der Waals surface area contributed by atoms with Gasteiger partial charge < -0.3 is 0 Å². The number of rotatable bonds is 6. The number of fused-ring (bicyclic) bond motifs is 2. The molecule has 4 fully saturated rings. The fraction of sp³-hybridized carbons (Fsp3) is 1.00. The van der Waals surface area contributed by atoms with Gasteiger partial charge in [-0.05, 0) is 67.1 Å². The van der Waals surface area contributed by atoms with E-state index in [0.717, 1.165) is 0 Å². The van der Waals surface area contributed by atoms with E-state index in [2.05, 4.69) is 0 Å². The van der Waals surface area contributed by atoms with E-state index < -0.39 is 0 Å². The van der Waals surface area contributed by atoms with Gasteiger partial charge in [0, 0.05) is 0 Å². The Morgan fingerprint density at radius 3 is 1.22 bits per heavy atom. The lowest BCUT2D eigenvalue weighted by molar-refractivity contribution is 0.551. The van der Waals surface area contributed by atoms with E-state index in [4.69, 9.17) is 0 Å². The second-order valence-electron chi connectivity index (χ2n) is 8.24. The molecule has 0 spiro atoms. The van der Waals surface area contributed by atoms with E-state index >= 15 is 0 Å². The molecule has 0 aromatic heterocycles. The van der Waals surface area contributed by atoms with Crippen LogP contribution in [0.15, 0.2) is 0 Å². The minimum absolute atomic E-state index is 0.550. The monoisotopic (exact) mass is 388 g/mol. The summed E-state index contributed by atoms with van der Waals surface area (Å²) in [4.78, 5) is 0. The van der Waals surface area contributed by atoms with Gasteiger partial charge in [-0.25, -0.2) is 0 Å². The van der Waals surface area contributed by atoms with E-state index in [9.17, 15) is 0 Å². The average Bonchev–Trinajstić information content (AvgIpc) is 3.34. The van der Waals surface area contributed by atoms with E-state index in [0.29, 0.717) is 15.2 Å². The molecule has 0 nitrogen and oxygen atoms in total. The SMILES string of the molecule is C1CCCC2C(CC1)P2PCCCPP1C2CCCCCCC21. The summed E-state index contributed by atoms with van der Waals surface area (Å²) >= 11 is 0. The Bertz CT molecular complexity index is 312. The van der Waals surface area contributed by atoms with Gasteiger partial charge in [0.25, 0.3) is 0 Å². The van der Waals surface area contributed by atoms with Crippen molar-refractivity contribution in [1.82, 2.24) is 0 Å². The third-order valence-electron chi connectivity index (χ3n) is 6.58. The maximum atomic E-state index is 1.63. The van der Waals surface area contributed by atoms with Crippen LogP contribution in [0.5, 0.6) is 0 Å². The Morgan fingerprint density at radius 1 is 0.522 bits per heavy atom. The Balaban J connectivity index is 1.08. The first-order chi connectivity index (χ1) is 11.4. The Hall–Kier alpha value is 1.72. The first-order valence-corrected chi connectivity index (χ1v) is 17.5. The van der Waals surface area contributed by atoms with Gasteiger partial charge in [-0.2, -0.15) is 0 Å². The smallest absolute Gasteiger partial charge is 0.00992 e. The summed E-state index contributed by atoms with van der Waals surface area (Å²) in [6, 6.07) is 0. The number of hydrogen-bond acceptors (Lipinski definition) is 0. The van der Waals surface area contributed by atoms with Crippen LogP contribution in [0.4, 0.5) is 0 Å². The fourth-order valence-electron chi connectivity index (χ4n) is 5.09. The zero-order chi connectivity index (χ0) is 15.5. The molecule has 4 rings (SSSR count). The summed E-state index contributed by atoms with van der Waals surface area (Å²) in [6.07, 6.45) is 23.8. The van der Waals surface area contributed by atoms with Gasteiger partial charge >= 0.3 is 0 Å². The van der Waals surface area contributed by atoms with Gasteiger partial charge in [-0.1, -0.05) is 83.1 Å². The predicted molar refractivity (Wildman–Crippen MR) is 115 cm³/mol. The molecule has 2 aliphatic carbocycles. The van der Waals surface area contributed by atoms with Gasteiger partial charge in [0.1, 0.15) is 0 Å². The van der Waals surface area contributed by atoms with Crippen molar-refractivity contribution in [3.8, 4) is 0 Å². The Labute approximate surface area is 150 Å².